The van der Waals surface area contributed by atoms with Gasteiger partial charge in [0.25, 0.3) is 5.91 Å². The first-order chi connectivity index (χ1) is 21.3. The van der Waals surface area contributed by atoms with E-state index >= 15 is 4.39 Å². The molecule has 0 unspecified atom stereocenters. The first-order valence-corrected chi connectivity index (χ1v) is 16.4. The first kappa shape index (κ1) is 33.3. The molecule has 1 aromatic heterocycles. The zero-order valence-corrected chi connectivity index (χ0v) is 28.3. The number of thioether (sulfide) groups is 1. The molecule has 1 atom stereocenters. The van der Waals surface area contributed by atoms with Crippen LogP contribution in [0.2, 0.25) is 10.0 Å². The van der Waals surface area contributed by atoms with Gasteiger partial charge >= 0.3 is 0 Å². The second-order valence-electron chi connectivity index (χ2n) is 12.6. The molecular weight excluding hydrogens is 637 g/mol. The van der Waals surface area contributed by atoms with Crippen LogP contribution in [0.3, 0.4) is 0 Å². The molecule has 1 aliphatic rings. The molecule has 2 heterocycles. The number of likely N-dealkylation sites (N-methyl/N-ethyl adjacent to an activating group) is 1. The van der Waals surface area contributed by atoms with E-state index in [1.54, 1.807) is 31.5 Å². The van der Waals surface area contributed by atoms with Crippen LogP contribution in [-0.2, 0) is 11.2 Å². The Hall–Kier alpha value is -3.11. The molecule has 1 saturated heterocycles. The molecule has 0 radical (unpaired) electrons. The first-order valence-electron chi connectivity index (χ1n) is 14.7. The summed E-state index contributed by atoms with van der Waals surface area (Å²) in [4.78, 5) is 17.7. The summed E-state index contributed by atoms with van der Waals surface area (Å²) in [6, 6.07) is 14.5. The van der Waals surface area contributed by atoms with Crippen LogP contribution in [0.25, 0.3) is 5.69 Å². The minimum atomic E-state index is -0.581. The zero-order chi connectivity index (χ0) is 32.5. The Balaban J connectivity index is 1.42. The highest BCUT2D eigenvalue weighted by atomic mass is 35.5. The van der Waals surface area contributed by atoms with Crippen molar-refractivity contribution in [3.63, 3.8) is 0 Å². The Labute approximate surface area is 277 Å². The Morgan fingerprint density at radius 1 is 1.11 bits per heavy atom. The van der Waals surface area contributed by atoms with E-state index in [1.807, 2.05) is 16.7 Å². The Bertz CT molecular complexity index is 1690. The van der Waals surface area contributed by atoms with Crippen molar-refractivity contribution >= 4 is 40.9 Å². The van der Waals surface area contributed by atoms with E-state index in [-0.39, 0.29) is 39.7 Å². The lowest BCUT2D eigenvalue weighted by atomic mass is 9.81. The lowest BCUT2D eigenvalue weighted by molar-refractivity contribution is -0.896. The highest BCUT2D eigenvalue weighted by Crippen LogP contribution is 2.39. The van der Waals surface area contributed by atoms with Crippen LogP contribution in [0.5, 0.6) is 5.75 Å². The Kier molecular flexibility index (Phi) is 9.84. The van der Waals surface area contributed by atoms with Gasteiger partial charge in [-0.05, 0) is 66.9 Å². The van der Waals surface area contributed by atoms with Crippen molar-refractivity contribution in [3.8, 4) is 11.4 Å². The average molecular weight is 675 g/mol. The van der Waals surface area contributed by atoms with Gasteiger partial charge in [-0.2, -0.15) is 0 Å². The number of imidazole rings is 1. The number of carbonyl (C=O) groups excluding carboxylic acids is 1. The third-order valence-corrected chi connectivity index (χ3v) is 10.1. The van der Waals surface area contributed by atoms with Crippen molar-refractivity contribution in [2.75, 3.05) is 34.3 Å². The summed E-state index contributed by atoms with van der Waals surface area (Å²) in [5.74, 6) is -0.546. The summed E-state index contributed by atoms with van der Waals surface area (Å²) < 4.78 is 37.6. The molecular formula is C34H37Cl2F2N4O2S+. The Morgan fingerprint density at radius 3 is 2.51 bits per heavy atom. The van der Waals surface area contributed by atoms with Gasteiger partial charge in [0.2, 0.25) is 0 Å². The molecule has 1 amide bonds. The number of likely N-dealkylation sites (tertiary alicyclic amines) is 1. The van der Waals surface area contributed by atoms with Gasteiger partial charge in [0.15, 0.2) is 5.16 Å². The van der Waals surface area contributed by atoms with Gasteiger partial charge in [0, 0.05) is 33.0 Å². The van der Waals surface area contributed by atoms with E-state index in [0.717, 1.165) is 41.7 Å². The summed E-state index contributed by atoms with van der Waals surface area (Å²) in [5, 5.41) is 4.29. The largest absolute Gasteiger partial charge is 0.495 e. The number of amides is 1. The molecule has 0 bridgehead atoms. The third-order valence-electron chi connectivity index (χ3n) is 8.44. The summed E-state index contributed by atoms with van der Waals surface area (Å²) in [5.41, 5.74) is 2.33. The number of nitrogens with zero attached hydrogens (tertiary/aromatic N) is 3. The molecule has 0 aliphatic carbocycles. The van der Waals surface area contributed by atoms with Crippen molar-refractivity contribution < 1.29 is 22.8 Å². The maximum atomic E-state index is 15.5. The van der Waals surface area contributed by atoms with Crippen LogP contribution in [0.1, 0.15) is 53.9 Å². The minimum Gasteiger partial charge on any atom is -0.495 e. The number of hydrogen-bond donors (Lipinski definition) is 1. The van der Waals surface area contributed by atoms with Gasteiger partial charge in [0.1, 0.15) is 17.4 Å². The second-order valence-corrected chi connectivity index (χ2v) is 14.3. The fraction of sp³-hybridized carbons (Fsp3) is 0.353. The normalized spacial score (nSPS) is 16.4. The zero-order valence-electron chi connectivity index (χ0n) is 26.0. The number of quaternary nitrogens is 1. The number of methoxy groups -OCH3 is 1. The third kappa shape index (κ3) is 7.32. The highest BCUT2D eigenvalue weighted by molar-refractivity contribution is 7.98. The van der Waals surface area contributed by atoms with Gasteiger partial charge in [-0.3, -0.25) is 9.36 Å². The van der Waals surface area contributed by atoms with Gasteiger partial charge in [-0.15, -0.1) is 0 Å². The number of piperidine rings is 1. The molecule has 5 rings (SSSR count). The molecule has 1 aliphatic heterocycles. The molecule has 3 aromatic carbocycles. The summed E-state index contributed by atoms with van der Waals surface area (Å²) in [7, 11) is 5.85. The van der Waals surface area contributed by atoms with E-state index < -0.39 is 11.2 Å². The number of aromatic nitrogens is 2. The molecule has 0 saturated carbocycles. The number of carbonyl (C=O) groups is 1. The van der Waals surface area contributed by atoms with Crippen LogP contribution in [-0.4, -0.2) is 60.3 Å². The quantitative estimate of drug-likeness (QED) is 0.144. The van der Waals surface area contributed by atoms with Gasteiger partial charge in [0.05, 0.1) is 57.2 Å². The van der Waals surface area contributed by atoms with E-state index in [2.05, 4.69) is 33.3 Å². The van der Waals surface area contributed by atoms with E-state index in [4.69, 9.17) is 32.9 Å². The van der Waals surface area contributed by atoms with E-state index in [1.165, 1.54) is 36.0 Å². The number of rotatable bonds is 9. The maximum Gasteiger partial charge on any atom is 0.251 e. The molecule has 238 valence electrons. The average Bonchev–Trinajstić information content (AvgIpc) is 3.41. The van der Waals surface area contributed by atoms with Crippen LogP contribution < -0.4 is 10.1 Å². The van der Waals surface area contributed by atoms with Gasteiger partial charge < -0.3 is 14.5 Å². The van der Waals surface area contributed by atoms with Crippen molar-refractivity contribution in [2.45, 2.75) is 49.1 Å². The van der Waals surface area contributed by atoms with Crippen molar-refractivity contribution in [2.24, 2.45) is 0 Å². The van der Waals surface area contributed by atoms with Crippen LogP contribution in [0, 0.1) is 11.6 Å². The molecule has 4 aromatic rings. The minimum absolute atomic E-state index is 0.0241. The van der Waals surface area contributed by atoms with E-state index in [9.17, 15) is 9.18 Å². The summed E-state index contributed by atoms with van der Waals surface area (Å²) in [6.07, 6.45) is 3.68. The predicted molar refractivity (Wildman–Crippen MR) is 177 cm³/mol. The van der Waals surface area contributed by atoms with Gasteiger partial charge in [-0.25, -0.2) is 13.8 Å². The monoisotopic (exact) mass is 673 g/mol. The standard InChI is InChI=1S/C34H36Cl2F2N4O2S/c1-34(2,22-8-13-27(35)30(17-22)44-5)31-18-39-33(41(31)25-11-9-23(37)10-12-25)45-20-26-28(36)15-21(16-29(26)38)32(43)40-24-7-6-14-42(3,4)19-24/h8-13,15-18,24H,6-7,14,19-20H2,1-5H3/p+1/t24-/m1/s1. The SMILES string of the molecule is COc1cc(C(C)(C)c2cnc(SCc3c(F)cc(C(=O)N[C@@H]4CCC[N+](C)(C)C4)cc3Cl)n2-c2ccc(F)cc2)ccc1Cl. The molecule has 45 heavy (non-hydrogen) atoms. The van der Waals surface area contributed by atoms with Crippen LogP contribution in [0.4, 0.5) is 8.78 Å². The number of halogens is 4. The molecule has 1 fully saturated rings. The lowest BCUT2D eigenvalue weighted by Gasteiger charge is -2.38. The Morgan fingerprint density at radius 2 is 1.84 bits per heavy atom. The number of ether oxygens (including phenoxy) is 1. The summed E-state index contributed by atoms with van der Waals surface area (Å²) in [6.45, 7) is 5.98. The fourth-order valence-corrected chi connectivity index (χ4v) is 7.43. The van der Waals surface area contributed by atoms with Crippen molar-refractivity contribution in [1.29, 1.82) is 0 Å². The molecule has 0 spiro atoms. The van der Waals surface area contributed by atoms with Crippen molar-refractivity contribution in [1.82, 2.24) is 14.9 Å². The smallest absolute Gasteiger partial charge is 0.251 e. The lowest BCUT2D eigenvalue weighted by Crippen LogP contribution is -2.55. The fourth-order valence-electron chi connectivity index (χ4n) is 5.85. The summed E-state index contributed by atoms with van der Waals surface area (Å²) >= 11 is 14.2. The topological polar surface area (TPSA) is 56.1 Å². The predicted octanol–water partition coefficient (Wildman–Crippen LogP) is 8.05. The van der Waals surface area contributed by atoms with Crippen LogP contribution >= 0.6 is 35.0 Å². The van der Waals surface area contributed by atoms with Crippen molar-refractivity contribution in [3.05, 3.63) is 105 Å². The highest BCUT2D eigenvalue weighted by Gasteiger charge is 2.31. The molecule has 1 N–H and O–H groups in total. The molecule has 6 nitrogen and oxygen atoms in total. The number of benzene rings is 3. The maximum absolute atomic E-state index is 15.5. The number of nitrogens with one attached hydrogen (secondary N) is 1. The van der Waals surface area contributed by atoms with Crippen LogP contribution in [0.15, 0.2) is 66.0 Å². The number of hydrogen-bond acceptors (Lipinski definition) is 4. The van der Waals surface area contributed by atoms with E-state index in [0.29, 0.717) is 21.6 Å². The molecule has 11 heteroatoms. The second kappa shape index (κ2) is 13.3. The van der Waals surface area contributed by atoms with Gasteiger partial charge in [-0.1, -0.05) is 54.9 Å².